The van der Waals surface area contributed by atoms with Crippen LogP contribution in [0.5, 0.6) is 5.75 Å². The maximum Gasteiger partial charge on any atom is 0.312 e. The Hall–Kier alpha value is -1.67. The van der Waals surface area contributed by atoms with Crippen LogP contribution in [0.3, 0.4) is 0 Å². The summed E-state index contributed by atoms with van der Waals surface area (Å²) in [5, 5.41) is 16.1. The van der Waals surface area contributed by atoms with Crippen molar-refractivity contribution in [3.8, 4) is 5.75 Å². The van der Waals surface area contributed by atoms with Crippen LogP contribution in [-0.2, 0) is 10.0 Å². The number of ether oxygens (including phenoxy) is 1. The molecule has 0 aliphatic rings. The van der Waals surface area contributed by atoms with Gasteiger partial charge in [0.1, 0.15) is 0 Å². The molecule has 0 radical (unpaired) electrons. The molecule has 0 aliphatic heterocycles. The zero-order valence-corrected chi connectivity index (χ0v) is 12.4. The van der Waals surface area contributed by atoms with Crippen molar-refractivity contribution in [3.63, 3.8) is 0 Å². The molecule has 0 spiro atoms. The number of nitro benzene ring substituents is 1. The van der Waals surface area contributed by atoms with E-state index in [0.29, 0.717) is 18.4 Å². The lowest BCUT2D eigenvalue weighted by Crippen LogP contribution is -2.17. The maximum absolute atomic E-state index is 11.4. The van der Waals surface area contributed by atoms with Gasteiger partial charge in [-0.1, -0.05) is 13.8 Å². The predicted molar refractivity (Wildman–Crippen MR) is 74.2 cm³/mol. The Morgan fingerprint density at radius 3 is 2.30 bits per heavy atom. The summed E-state index contributed by atoms with van der Waals surface area (Å²) in [4.78, 5) is 10.1. The average molecular weight is 302 g/mol. The first-order valence-corrected chi connectivity index (χ1v) is 7.73. The summed E-state index contributed by atoms with van der Waals surface area (Å²) in [5.74, 6) is 0.0635. The molecule has 7 nitrogen and oxygen atoms in total. The smallest absolute Gasteiger partial charge is 0.312 e. The Kier molecular flexibility index (Phi) is 5.07. The number of primary sulfonamides is 1. The third-order valence-electron chi connectivity index (χ3n) is 2.96. The van der Waals surface area contributed by atoms with E-state index in [1.54, 1.807) is 0 Å². The van der Waals surface area contributed by atoms with E-state index in [-0.39, 0.29) is 16.7 Å². The molecule has 2 N–H and O–H groups in total. The molecule has 0 saturated heterocycles. The van der Waals surface area contributed by atoms with Crippen molar-refractivity contribution in [3.05, 3.63) is 27.8 Å². The highest BCUT2D eigenvalue weighted by Gasteiger charge is 2.24. The van der Waals surface area contributed by atoms with Gasteiger partial charge in [0.05, 0.1) is 15.9 Å². The van der Waals surface area contributed by atoms with Gasteiger partial charge < -0.3 is 4.74 Å². The van der Waals surface area contributed by atoms with Gasteiger partial charge in [0.15, 0.2) is 5.75 Å². The summed E-state index contributed by atoms with van der Waals surface area (Å²) in [5.41, 5.74) is -0.0782. The molecule has 0 fully saturated rings. The number of sulfonamides is 1. The summed E-state index contributed by atoms with van der Waals surface area (Å²) >= 11 is 0. The van der Waals surface area contributed by atoms with Crippen molar-refractivity contribution in [1.82, 2.24) is 0 Å². The van der Waals surface area contributed by atoms with Crippen molar-refractivity contribution < 1.29 is 18.1 Å². The SMILES string of the molecule is CCC(CC)Oc1cc(C)c(S(N)(=O)=O)cc1[N+](=O)[O-]. The fraction of sp³-hybridized carbons (Fsp3) is 0.500. The first-order valence-electron chi connectivity index (χ1n) is 6.19. The normalized spacial score (nSPS) is 11.7. The van der Waals surface area contributed by atoms with E-state index in [1.165, 1.54) is 13.0 Å². The zero-order valence-electron chi connectivity index (χ0n) is 11.6. The lowest BCUT2D eigenvalue weighted by atomic mass is 10.2. The Labute approximate surface area is 117 Å². The van der Waals surface area contributed by atoms with Crippen LogP contribution in [0, 0.1) is 17.0 Å². The van der Waals surface area contributed by atoms with Crippen LogP contribution in [0.4, 0.5) is 5.69 Å². The Balaban J connectivity index is 3.39. The van der Waals surface area contributed by atoms with Gasteiger partial charge in [-0.25, -0.2) is 13.6 Å². The zero-order chi connectivity index (χ0) is 15.5. The number of nitrogens with zero attached hydrogens (tertiary/aromatic N) is 1. The third-order valence-corrected chi connectivity index (χ3v) is 4.02. The molecule has 20 heavy (non-hydrogen) atoms. The van der Waals surface area contributed by atoms with Gasteiger partial charge in [0.25, 0.3) is 0 Å². The number of hydrogen-bond donors (Lipinski definition) is 1. The van der Waals surface area contributed by atoms with Gasteiger partial charge >= 0.3 is 5.69 Å². The molecular formula is C12H18N2O5S. The van der Waals surface area contributed by atoms with Crippen LogP contribution in [0.25, 0.3) is 0 Å². The fourth-order valence-electron chi connectivity index (χ4n) is 1.83. The number of rotatable bonds is 6. The minimum atomic E-state index is -4.01. The van der Waals surface area contributed by atoms with Gasteiger partial charge in [-0.2, -0.15) is 0 Å². The predicted octanol–water partition coefficient (Wildman–Crippen LogP) is 2.12. The largest absolute Gasteiger partial charge is 0.484 e. The molecule has 0 amide bonds. The Morgan fingerprint density at radius 1 is 1.35 bits per heavy atom. The molecule has 0 atom stereocenters. The van der Waals surface area contributed by atoms with Crippen molar-refractivity contribution in [2.24, 2.45) is 5.14 Å². The van der Waals surface area contributed by atoms with E-state index in [4.69, 9.17) is 9.88 Å². The molecule has 1 rings (SSSR count). The molecule has 112 valence electrons. The van der Waals surface area contributed by atoms with Gasteiger partial charge in [0, 0.05) is 6.07 Å². The summed E-state index contributed by atoms with van der Waals surface area (Å²) < 4.78 is 28.4. The lowest BCUT2D eigenvalue weighted by Gasteiger charge is -2.16. The highest BCUT2D eigenvalue weighted by Crippen LogP contribution is 2.33. The molecule has 0 saturated carbocycles. The molecule has 1 aromatic rings. The number of nitrogens with two attached hydrogens (primary N) is 1. The summed E-state index contributed by atoms with van der Waals surface area (Å²) in [7, 11) is -4.01. The highest BCUT2D eigenvalue weighted by atomic mass is 32.2. The fourth-order valence-corrected chi connectivity index (χ4v) is 2.61. The Morgan fingerprint density at radius 2 is 1.90 bits per heavy atom. The summed E-state index contributed by atoms with van der Waals surface area (Å²) in [6.07, 6.45) is 1.24. The van der Waals surface area contributed by atoms with Crippen LogP contribution < -0.4 is 9.88 Å². The third kappa shape index (κ3) is 3.67. The van der Waals surface area contributed by atoms with E-state index in [2.05, 4.69) is 0 Å². The molecule has 0 aliphatic carbocycles. The standard InChI is InChI=1S/C12H18N2O5S/c1-4-9(5-2)19-11-6-8(3)12(20(13,17)18)7-10(11)14(15)16/h6-7,9H,4-5H2,1-3H3,(H2,13,17,18). The molecule has 0 aromatic heterocycles. The van der Waals surface area contributed by atoms with Crippen molar-refractivity contribution in [2.45, 2.75) is 44.6 Å². The maximum atomic E-state index is 11.4. The van der Waals surface area contributed by atoms with Crippen LogP contribution in [0.15, 0.2) is 17.0 Å². The second-order valence-corrected chi connectivity index (χ2v) is 5.97. The average Bonchev–Trinajstić information content (AvgIpc) is 2.33. The molecule has 0 bridgehead atoms. The van der Waals surface area contributed by atoms with Gasteiger partial charge in [-0.05, 0) is 31.4 Å². The first kappa shape index (κ1) is 16.4. The Bertz CT molecular complexity index is 609. The van der Waals surface area contributed by atoms with Crippen molar-refractivity contribution in [1.29, 1.82) is 0 Å². The minimum Gasteiger partial charge on any atom is -0.484 e. The summed E-state index contributed by atoms with van der Waals surface area (Å²) in [6, 6.07) is 2.29. The van der Waals surface area contributed by atoms with Crippen LogP contribution in [0.2, 0.25) is 0 Å². The minimum absolute atomic E-state index is 0.0635. The quantitative estimate of drug-likeness (QED) is 0.638. The van der Waals surface area contributed by atoms with E-state index >= 15 is 0 Å². The number of hydrogen-bond acceptors (Lipinski definition) is 5. The van der Waals surface area contributed by atoms with Gasteiger partial charge in [0.2, 0.25) is 10.0 Å². The van der Waals surface area contributed by atoms with Crippen LogP contribution in [-0.4, -0.2) is 19.4 Å². The van der Waals surface area contributed by atoms with E-state index in [1.807, 2.05) is 13.8 Å². The summed E-state index contributed by atoms with van der Waals surface area (Å²) in [6.45, 7) is 5.33. The van der Waals surface area contributed by atoms with Gasteiger partial charge in [-0.15, -0.1) is 0 Å². The molecule has 1 aromatic carbocycles. The molecular weight excluding hydrogens is 284 g/mol. The lowest BCUT2D eigenvalue weighted by molar-refractivity contribution is -0.386. The van der Waals surface area contributed by atoms with E-state index in [9.17, 15) is 18.5 Å². The number of benzene rings is 1. The topological polar surface area (TPSA) is 113 Å². The van der Waals surface area contributed by atoms with E-state index in [0.717, 1.165) is 6.07 Å². The number of nitro groups is 1. The second kappa shape index (κ2) is 6.19. The van der Waals surface area contributed by atoms with Crippen molar-refractivity contribution in [2.75, 3.05) is 0 Å². The van der Waals surface area contributed by atoms with Crippen LogP contribution >= 0.6 is 0 Å². The highest BCUT2D eigenvalue weighted by molar-refractivity contribution is 7.89. The second-order valence-electron chi connectivity index (χ2n) is 4.44. The first-order chi connectivity index (χ1) is 9.20. The molecule has 0 unspecified atom stereocenters. The number of aryl methyl sites for hydroxylation is 1. The van der Waals surface area contributed by atoms with E-state index < -0.39 is 20.6 Å². The van der Waals surface area contributed by atoms with Gasteiger partial charge in [-0.3, -0.25) is 10.1 Å². The molecule has 8 heteroatoms. The van der Waals surface area contributed by atoms with Crippen LogP contribution in [0.1, 0.15) is 32.3 Å². The monoisotopic (exact) mass is 302 g/mol. The molecule has 0 heterocycles. The van der Waals surface area contributed by atoms with Crippen molar-refractivity contribution >= 4 is 15.7 Å².